The van der Waals surface area contributed by atoms with E-state index in [-0.39, 0.29) is 5.41 Å². The van der Waals surface area contributed by atoms with Crippen LogP contribution in [0.2, 0.25) is 0 Å². The molecule has 0 N–H and O–H groups in total. The fraction of sp³-hybridized carbons (Fsp3) is 0.0698. The molecule has 0 unspecified atom stereocenters. The summed E-state index contributed by atoms with van der Waals surface area (Å²) in [6.45, 7) is 4.76. The largest absolute Gasteiger partial charge is 0.310 e. The maximum absolute atomic E-state index is 2.43. The monoisotopic (exact) mass is 593 g/mol. The quantitative estimate of drug-likeness (QED) is 0.196. The minimum absolute atomic E-state index is 0.106. The van der Waals surface area contributed by atoms with Crippen LogP contribution in [0.1, 0.15) is 25.0 Å². The molecule has 0 fully saturated rings. The highest BCUT2D eigenvalue weighted by Crippen LogP contribution is 2.55. The van der Waals surface area contributed by atoms with Crippen molar-refractivity contribution in [1.29, 1.82) is 0 Å². The van der Waals surface area contributed by atoms with Crippen molar-refractivity contribution in [3.63, 3.8) is 0 Å². The van der Waals surface area contributed by atoms with Crippen LogP contribution >= 0.6 is 11.3 Å². The molecule has 1 aliphatic carbocycles. The Hall–Kier alpha value is -5.18. The smallest absolute Gasteiger partial charge is 0.0465 e. The van der Waals surface area contributed by atoms with Gasteiger partial charge in [-0.05, 0) is 81.1 Å². The van der Waals surface area contributed by atoms with Gasteiger partial charge in [0.1, 0.15) is 0 Å². The maximum Gasteiger partial charge on any atom is 0.0465 e. The molecule has 1 nitrogen and oxygen atoms in total. The van der Waals surface area contributed by atoms with Gasteiger partial charge in [-0.1, -0.05) is 123 Å². The summed E-state index contributed by atoms with van der Waals surface area (Å²) < 4.78 is 2.75. The third-order valence-corrected chi connectivity index (χ3v) is 10.9. The molecule has 7 aromatic carbocycles. The molecule has 1 aliphatic rings. The summed E-state index contributed by atoms with van der Waals surface area (Å²) in [5.41, 5.74) is 11.4. The van der Waals surface area contributed by atoms with Gasteiger partial charge in [-0.3, -0.25) is 0 Å². The molecule has 2 heteroatoms. The van der Waals surface area contributed by atoms with Gasteiger partial charge in [0.05, 0.1) is 0 Å². The average molecular weight is 594 g/mol. The number of anilines is 3. The first-order valence-corrected chi connectivity index (χ1v) is 16.4. The SMILES string of the molecule is CC1(C)c2cc(N(c3ccccc3)c3ccc(-c4cccc5ccccc45)cc3)ccc2-c2c1ccc1c2sc2ccccc21. The van der Waals surface area contributed by atoms with E-state index in [1.54, 1.807) is 0 Å². The normalized spacial score (nSPS) is 13.3. The van der Waals surface area contributed by atoms with Gasteiger partial charge in [0.2, 0.25) is 0 Å². The summed E-state index contributed by atoms with van der Waals surface area (Å²) in [7, 11) is 0. The van der Waals surface area contributed by atoms with Crippen LogP contribution in [-0.4, -0.2) is 0 Å². The molecule has 0 saturated heterocycles. The lowest BCUT2D eigenvalue weighted by atomic mass is 9.82. The first-order valence-electron chi connectivity index (χ1n) is 15.6. The van der Waals surface area contributed by atoms with Gasteiger partial charge < -0.3 is 4.90 Å². The van der Waals surface area contributed by atoms with E-state index >= 15 is 0 Å². The molecule has 0 saturated carbocycles. The number of hydrogen-bond acceptors (Lipinski definition) is 2. The third kappa shape index (κ3) is 3.99. The van der Waals surface area contributed by atoms with E-state index in [4.69, 9.17) is 0 Å². The molecule has 8 aromatic rings. The Labute approximate surface area is 267 Å². The van der Waals surface area contributed by atoms with Gasteiger partial charge in [-0.2, -0.15) is 0 Å². The number of nitrogens with zero attached hydrogens (tertiary/aromatic N) is 1. The summed E-state index contributed by atoms with van der Waals surface area (Å²) in [6, 6.07) is 55.6. The van der Waals surface area contributed by atoms with E-state index in [1.807, 2.05) is 11.3 Å². The lowest BCUT2D eigenvalue weighted by Crippen LogP contribution is -2.16. The van der Waals surface area contributed by atoms with Crippen molar-refractivity contribution in [2.75, 3.05) is 4.90 Å². The lowest BCUT2D eigenvalue weighted by Gasteiger charge is -2.28. The number of thiophene rings is 1. The Morgan fingerprint density at radius 1 is 0.489 bits per heavy atom. The molecule has 45 heavy (non-hydrogen) atoms. The molecule has 1 aromatic heterocycles. The highest BCUT2D eigenvalue weighted by Gasteiger charge is 2.37. The van der Waals surface area contributed by atoms with Crippen LogP contribution in [0.25, 0.3) is 53.2 Å². The Balaban J connectivity index is 1.18. The summed E-state index contributed by atoms with van der Waals surface area (Å²) in [6.07, 6.45) is 0. The molecule has 0 radical (unpaired) electrons. The minimum atomic E-state index is -0.106. The van der Waals surface area contributed by atoms with E-state index in [0.717, 1.165) is 11.4 Å². The second kappa shape index (κ2) is 9.92. The summed E-state index contributed by atoms with van der Waals surface area (Å²) in [5, 5.41) is 5.25. The Morgan fingerprint density at radius 2 is 1.18 bits per heavy atom. The molecular weight excluding hydrogens is 563 g/mol. The van der Waals surface area contributed by atoms with Crippen LogP contribution in [0.5, 0.6) is 0 Å². The highest BCUT2D eigenvalue weighted by atomic mass is 32.1. The number of para-hydroxylation sites is 1. The minimum Gasteiger partial charge on any atom is -0.310 e. The Morgan fingerprint density at radius 3 is 2.02 bits per heavy atom. The van der Waals surface area contributed by atoms with Crippen molar-refractivity contribution in [1.82, 2.24) is 0 Å². The molecule has 9 rings (SSSR count). The van der Waals surface area contributed by atoms with Crippen molar-refractivity contribution >= 4 is 59.3 Å². The van der Waals surface area contributed by atoms with Gasteiger partial charge in [0, 0.05) is 48.2 Å². The van der Waals surface area contributed by atoms with Crippen molar-refractivity contribution < 1.29 is 0 Å². The predicted molar refractivity (Wildman–Crippen MR) is 195 cm³/mol. The van der Waals surface area contributed by atoms with Crippen LogP contribution in [-0.2, 0) is 5.41 Å². The van der Waals surface area contributed by atoms with E-state index < -0.39 is 0 Å². The third-order valence-electron chi connectivity index (χ3n) is 9.66. The Kier molecular flexibility index (Phi) is 5.78. The van der Waals surface area contributed by atoms with E-state index in [9.17, 15) is 0 Å². The van der Waals surface area contributed by atoms with Crippen molar-refractivity contribution in [2.24, 2.45) is 0 Å². The predicted octanol–water partition coefficient (Wildman–Crippen LogP) is 12.7. The first kappa shape index (κ1) is 26.2. The van der Waals surface area contributed by atoms with E-state index in [0.29, 0.717) is 0 Å². The topological polar surface area (TPSA) is 3.24 Å². The molecule has 0 bridgehead atoms. The van der Waals surface area contributed by atoms with Gasteiger partial charge in [0.15, 0.2) is 0 Å². The zero-order chi connectivity index (χ0) is 30.1. The molecule has 0 aliphatic heterocycles. The zero-order valence-corrected chi connectivity index (χ0v) is 26.1. The molecule has 214 valence electrons. The van der Waals surface area contributed by atoms with Crippen molar-refractivity contribution in [2.45, 2.75) is 19.3 Å². The summed E-state index contributed by atoms with van der Waals surface area (Å²) in [4.78, 5) is 2.39. The zero-order valence-electron chi connectivity index (χ0n) is 25.3. The second-order valence-corrected chi connectivity index (χ2v) is 13.6. The fourth-order valence-electron chi connectivity index (χ4n) is 7.42. The van der Waals surface area contributed by atoms with Gasteiger partial charge >= 0.3 is 0 Å². The van der Waals surface area contributed by atoms with Crippen LogP contribution < -0.4 is 4.90 Å². The Bertz CT molecular complexity index is 2390. The highest BCUT2D eigenvalue weighted by molar-refractivity contribution is 7.26. The number of benzene rings is 7. The van der Waals surface area contributed by atoms with Crippen LogP contribution in [0, 0.1) is 0 Å². The van der Waals surface area contributed by atoms with Gasteiger partial charge in [-0.25, -0.2) is 0 Å². The fourth-order valence-corrected chi connectivity index (χ4v) is 8.68. The van der Waals surface area contributed by atoms with E-state index in [1.165, 1.54) is 70.0 Å². The number of fused-ring (bicyclic) bond motifs is 8. The molecule has 1 heterocycles. The van der Waals surface area contributed by atoms with Gasteiger partial charge in [0.25, 0.3) is 0 Å². The lowest BCUT2D eigenvalue weighted by molar-refractivity contribution is 0.661. The van der Waals surface area contributed by atoms with Crippen LogP contribution in [0.4, 0.5) is 17.1 Å². The number of hydrogen-bond donors (Lipinski definition) is 0. The number of rotatable bonds is 4. The first-order chi connectivity index (χ1) is 22.1. The maximum atomic E-state index is 2.43. The van der Waals surface area contributed by atoms with Gasteiger partial charge in [-0.15, -0.1) is 11.3 Å². The van der Waals surface area contributed by atoms with Crippen molar-refractivity contribution in [3.05, 3.63) is 163 Å². The van der Waals surface area contributed by atoms with Crippen LogP contribution in [0.3, 0.4) is 0 Å². The average Bonchev–Trinajstić information content (AvgIpc) is 3.58. The standard InChI is InChI=1S/C43H31NS/c1-43(2)38-26-25-36-35-16-8-9-18-40(35)45-42(36)41(38)37-24-23-32(27-39(37)43)44(30-13-4-3-5-14-30)31-21-19-29(20-22-31)34-17-10-12-28-11-6-7-15-33(28)34/h3-27H,1-2H3. The molecule has 0 atom stereocenters. The van der Waals surface area contributed by atoms with E-state index in [2.05, 4.69) is 170 Å². The summed E-state index contributed by atoms with van der Waals surface area (Å²) >= 11 is 1.93. The second-order valence-electron chi connectivity index (χ2n) is 12.6. The summed E-state index contributed by atoms with van der Waals surface area (Å²) in [5.74, 6) is 0. The molecule has 0 spiro atoms. The molecule has 0 amide bonds. The molecular formula is C43H31NS. The van der Waals surface area contributed by atoms with Crippen molar-refractivity contribution in [3.8, 4) is 22.3 Å². The van der Waals surface area contributed by atoms with Crippen LogP contribution in [0.15, 0.2) is 152 Å².